The lowest BCUT2D eigenvalue weighted by atomic mass is 10.1. The molecule has 0 aromatic heterocycles. The van der Waals surface area contributed by atoms with Gasteiger partial charge in [0.25, 0.3) is 0 Å². The zero-order chi connectivity index (χ0) is 14.4. The number of hydrogen-bond donors (Lipinski definition) is 2. The molecule has 0 bridgehead atoms. The predicted octanol–water partition coefficient (Wildman–Crippen LogP) is 1.77. The summed E-state index contributed by atoms with van der Waals surface area (Å²) in [5, 5.41) is 6.74. The Balaban J connectivity index is 0.00000220. The number of carbonyl (C=O) groups is 1. The first-order valence-corrected chi connectivity index (χ1v) is 6.97. The van der Waals surface area contributed by atoms with Crippen LogP contribution in [0.15, 0.2) is 18.2 Å². The van der Waals surface area contributed by atoms with Crippen molar-refractivity contribution in [3.63, 3.8) is 0 Å². The van der Waals surface area contributed by atoms with Crippen LogP contribution in [0.2, 0.25) is 5.02 Å². The van der Waals surface area contributed by atoms with E-state index in [-0.39, 0.29) is 24.4 Å². The Kier molecular flexibility index (Phi) is 7.82. The minimum Gasteiger partial charge on any atom is -0.496 e. The molecule has 1 amide bonds. The van der Waals surface area contributed by atoms with Crippen molar-refractivity contribution in [3.8, 4) is 5.75 Å². The van der Waals surface area contributed by atoms with Crippen LogP contribution in [0.1, 0.15) is 12.0 Å². The van der Waals surface area contributed by atoms with E-state index in [1.165, 1.54) is 0 Å². The summed E-state index contributed by atoms with van der Waals surface area (Å²) in [7, 11) is 1.58. The van der Waals surface area contributed by atoms with Gasteiger partial charge in [-0.05, 0) is 12.1 Å². The molecule has 118 valence electrons. The van der Waals surface area contributed by atoms with Gasteiger partial charge in [-0.15, -0.1) is 12.4 Å². The highest BCUT2D eigenvalue weighted by atomic mass is 35.5. The number of amides is 1. The van der Waals surface area contributed by atoms with Gasteiger partial charge < -0.3 is 20.1 Å². The van der Waals surface area contributed by atoms with Crippen molar-refractivity contribution in [1.29, 1.82) is 0 Å². The number of hydrogen-bond acceptors (Lipinski definition) is 4. The zero-order valence-electron chi connectivity index (χ0n) is 11.9. The average Bonchev–Trinajstić information content (AvgIpc) is 2.47. The Labute approximate surface area is 135 Å². The number of halogens is 2. The number of carbonyl (C=O) groups excluding carboxylic acids is 1. The van der Waals surface area contributed by atoms with Crippen molar-refractivity contribution in [2.24, 2.45) is 0 Å². The molecule has 2 rings (SSSR count). The molecule has 2 N–H and O–H groups in total. The van der Waals surface area contributed by atoms with Crippen molar-refractivity contribution in [2.45, 2.75) is 19.0 Å². The van der Waals surface area contributed by atoms with E-state index in [0.29, 0.717) is 37.0 Å². The van der Waals surface area contributed by atoms with E-state index in [0.717, 1.165) is 12.1 Å². The number of morpholine rings is 1. The van der Waals surface area contributed by atoms with E-state index < -0.39 is 0 Å². The Morgan fingerprint density at radius 3 is 3.05 bits per heavy atom. The topological polar surface area (TPSA) is 59.6 Å². The fourth-order valence-electron chi connectivity index (χ4n) is 2.11. The van der Waals surface area contributed by atoms with Gasteiger partial charge in [-0.1, -0.05) is 17.7 Å². The molecule has 1 unspecified atom stereocenters. The van der Waals surface area contributed by atoms with Gasteiger partial charge in [-0.3, -0.25) is 4.79 Å². The molecule has 7 heteroatoms. The van der Waals surface area contributed by atoms with Crippen molar-refractivity contribution in [3.05, 3.63) is 28.8 Å². The van der Waals surface area contributed by atoms with E-state index in [9.17, 15) is 4.79 Å². The SMILES string of the molecule is COc1cc(Cl)ccc1CNC(=O)CC1COCCN1.Cl. The summed E-state index contributed by atoms with van der Waals surface area (Å²) in [6.07, 6.45) is 0.413. The zero-order valence-corrected chi connectivity index (χ0v) is 13.4. The smallest absolute Gasteiger partial charge is 0.221 e. The average molecular weight is 335 g/mol. The maximum absolute atomic E-state index is 11.9. The third kappa shape index (κ3) is 5.71. The van der Waals surface area contributed by atoms with Gasteiger partial charge in [0.05, 0.1) is 20.3 Å². The van der Waals surface area contributed by atoms with E-state index in [1.807, 2.05) is 6.07 Å². The molecule has 5 nitrogen and oxygen atoms in total. The lowest BCUT2D eigenvalue weighted by Gasteiger charge is -2.23. The minimum absolute atomic E-state index is 0. The van der Waals surface area contributed by atoms with Crippen molar-refractivity contribution < 1.29 is 14.3 Å². The van der Waals surface area contributed by atoms with Crippen LogP contribution in [0.4, 0.5) is 0 Å². The van der Waals surface area contributed by atoms with Gasteiger partial charge in [-0.2, -0.15) is 0 Å². The fourth-order valence-corrected chi connectivity index (χ4v) is 2.27. The third-order valence-electron chi connectivity index (χ3n) is 3.16. The molecular weight excluding hydrogens is 315 g/mol. The second-order valence-corrected chi connectivity index (χ2v) is 5.10. The summed E-state index contributed by atoms with van der Waals surface area (Å²) in [5.41, 5.74) is 0.901. The Bertz CT molecular complexity index is 466. The summed E-state index contributed by atoms with van der Waals surface area (Å²) in [5.74, 6) is 0.668. The molecular formula is C14H20Cl2N2O3. The van der Waals surface area contributed by atoms with Gasteiger partial charge in [0.1, 0.15) is 5.75 Å². The number of rotatable bonds is 5. The summed E-state index contributed by atoms with van der Waals surface area (Å²) in [6, 6.07) is 5.46. The van der Waals surface area contributed by atoms with Gasteiger partial charge >= 0.3 is 0 Å². The molecule has 0 spiro atoms. The molecule has 0 aliphatic carbocycles. The van der Waals surface area contributed by atoms with Crippen LogP contribution in [-0.4, -0.2) is 38.8 Å². The summed E-state index contributed by atoms with van der Waals surface area (Å²) in [4.78, 5) is 11.9. The minimum atomic E-state index is -0.00926. The third-order valence-corrected chi connectivity index (χ3v) is 3.39. The second kappa shape index (κ2) is 9.10. The molecule has 1 aromatic rings. The van der Waals surface area contributed by atoms with Gasteiger partial charge in [-0.25, -0.2) is 0 Å². The molecule has 1 aliphatic rings. The van der Waals surface area contributed by atoms with Crippen molar-refractivity contribution >= 4 is 29.9 Å². The van der Waals surface area contributed by atoms with Crippen molar-refractivity contribution in [1.82, 2.24) is 10.6 Å². The molecule has 1 atom stereocenters. The highest BCUT2D eigenvalue weighted by Crippen LogP contribution is 2.22. The molecule has 21 heavy (non-hydrogen) atoms. The second-order valence-electron chi connectivity index (χ2n) is 4.66. The van der Waals surface area contributed by atoms with Crippen LogP contribution >= 0.6 is 24.0 Å². The van der Waals surface area contributed by atoms with E-state index >= 15 is 0 Å². The maximum atomic E-state index is 11.9. The van der Waals surface area contributed by atoms with E-state index in [4.69, 9.17) is 21.1 Å². The lowest BCUT2D eigenvalue weighted by Crippen LogP contribution is -2.44. The highest BCUT2D eigenvalue weighted by molar-refractivity contribution is 6.30. The molecule has 1 aromatic carbocycles. The van der Waals surface area contributed by atoms with Crippen LogP contribution in [0.5, 0.6) is 5.75 Å². The molecule has 1 saturated heterocycles. The number of ether oxygens (including phenoxy) is 2. The van der Waals surface area contributed by atoms with E-state index in [2.05, 4.69) is 10.6 Å². The summed E-state index contributed by atoms with van der Waals surface area (Å²) in [6.45, 7) is 2.51. The summed E-state index contributed by atoms with van der Waals surface area (Å²) < 4.78 is 10.6. The standard InChI is InChI=1S/C14H19ClN2O3.ClH/c1-19-13-6-11(15)3-2-10(13)8-17-14(18)7-12-9-20-5-4-16-12;/h2-3,6,12,16H,4-5,7-9H2,1H3,(H,17,18);1H. The largest absolute Gasteiger partial charge is 0.496 e. The van der Waals surface area contributed by atoms with E-state index in [1.54, 1.807) is 19.2 Å². The molecule has 1 fully saturated rings. The maximum Gasteiger partial charge on any atom is 0.221 e. The molecule has 0 saturated carbocycles. The monoisotopic (exact) mass is 334 g/mol. The number of nitrogens with one attached hydrogen (secondary N) is 2. The molecule has 1 aliphatic heterocycles. The van der Waals surface area contributed by atoms with Gasteiger partial charge in [0.15, 0.2) is 0 Å². The number of benzene rings is 1. The van der Waals surface area contributed by atoms with Gasteiger partial charge in [0.2, 0.25) is 5.91 Å². The number of methoxy groups -OCH3 is 1. The first-order chi connectivity index (χ1) is 9.69. The molecule has 0 radical (unpaired) electrons. The first-order valence-electron chi connectivity index (χ1n) is 6.59. The van der Waals surface area contributed by atoms with Crippen LogP contribution in [0.3, 0.4) is 0 Å². The predicted molar refractivity (Wildman–Crippen MR) is 84.3 cm³/mol. The highest BCUT2D eigenvalue weighted by Gasteiger charge is 2.16. The van der Waals surface area contributed by atoms with Crippen LogP contribution in [-0.2, 0) is 16.1 Å². The normalized spacial score (nSPS) is 17.7. The van der Waals surface area contributed by atoms with Crippen LogP contribution < -0.4 is 15.4 Å². The van der Waals surface area contributed by atoms with Gasteiger partial charge in [0, 0.05) is 36.1 Å². The quantitative estimate of drug-likeness (QED) is 0.861. The molecule has 1 heterocycles. The van der Waals surface area contributed by atoms with Crippen molar-refractivity contribution in [2.75, 3.05) is 26.9 Å². The van der Waals surface area contributed by atoms with Crippen LogP contribution in [0, 0.1) is 0 Å². The summed E-state index contributed by atoms with van der Waals surface area (Å²) >= 11 is 5.90. The Hall–Kier alpha value is -1.01. The van der Waals surface area contributed by atoms with Crippen LogP contribution in [0.25, 0.3) is 0 Å². The fraction of sp³-hybridized carbons (Fsp3) is 0.500. The lowest BCUT2D eigenvalue weighted by molar-refractivity contribution is -0.122. The Morgan fingerprint density at radius 1 is 1.57 bits per heavy atom. The first kappa shape index (κ1) is 18.0. The Morgan fingerprint density at radius 2 is 2.38 bits per heavy atom.